The first kappa shape index (κ1) is 13.5. The van der Waals surface area contributed by atoms with E-state index in [-0.39, 0.29) is 0 Å². The molecule has 1 aromatic rings. The van der Waals surface area contributed by atoms with Gasteiger partial charge >= 0.3 is 0 Å². The van der Waals surface area contributed by atoms with Crippen molar-refractivity contribution in [1.82, 2.24) is 5.32 Å². The lowest BCUT2D eigenvalue weighted by Gasteiger charge is -2.38. The Balaban J connectivity index is 1.40. The Morgan fingerprint density at radius 3 is 2.58 bits per heavy atom. The maximum absolute atomic E-state index is 3.89. The van der Waals surface area contributed by atoms with E-state index in [1.165, 1.54) is 43.4 Å². The average molecular weight is 275 g/mol. The van der Waals surface area contributed by atoms with Gasteiger partial charge < -0.3 is 5.32 Å². The standard InChI is InChI=1S/C17H25NS/c1-2-19-17-9-8-15(12-17)18-16-10-14(11-16)13-6-4-3-5-7-13/h3-7,14-18H,2,8-12H2,1H3. The van der Waals surface area contributed by atoms with Gasteiger partial charge in [-0.2, -0.15) is 11.8 Å². The largest absolute Gasteiger partial charge is 0.311 e. The van der Waals surface area contributed by atoms with E-state index < -0.39 is 0 Å². The van der Waals surface area contributed by atoms with Crippen LogP contribution in [0.5, 0.6) is 0 Å². The zero-order valence-electron chi connectivity index (χ0n) is 11.8. The number of benzene rings is 1. The van der Waals surface area contributed by atoms with Gasteiger partial charge in [0.1, 0.15) is 0 Å². The second-order valence-electron chi connectivity index (χ2n) is 6.03. The highest BCUT2D eigenvalue weighted by atomic mass is 32.2. The Morgan fingerprint density at radius 2 is 1.84 bits per heavy atom. The number of nitrogens with one attached hydrogen (secondary N) is 1. The molecule has 2 aliphatic carbocycles. The van der Waals surface area contributed by atoms with Crippen molar-refractivity contribution in [2.45, 2.75) is 62.3 Å². The van der Waals surface area contributed by atoms with Gasteiger partial charge in [0.05, 0.1) is 0 Å². The zero-order valence-corrected chi connectivity index (χ0v) is 12.7. The van der Waals surface area contributed by atoms with Crippen LogP contribution in [0, 0.1) is 0 Å². The van der Waals surface area contributed by atoms with E-state index in [0.717, 1.165) is 23.3 Å². The van der Waals surface area contributed by atoms with Gasteiger partial charge in [-0.15, -0.1) is 0 Å². The third-order valence-electron chi connectivity index (χ3n) is 4.67. The molecule has 2 unspecified atom stereocenters. The van der Waals surface area contributed by atoms with Gasteiger partial charge in [-0.3, -0.25) is 0 Å². The molecular formula is C17H25NS. The highest BCUT2D eigenvalue weighted by Crippen LogP contribution is 2.38. The molecule has 2 aliphatic rings. The van der Waals surface area contributed by atoms with Crippen molar-refractivity contribution in [2.24, 2.45) is 0 Å². The van der Waals surface area contributed by atoms with E-state index in [1.807, 2.05) is 0 Å². The van der Waals surface area contributed by atoms with Gasteiger partial charge in [0.25, 0.3) is 0 Å². The number of hydrogen-bond acceptors (Lipinski definition) is 2. The molecule has 0 aliphatic heterocycles. The van der Waals surface area contributed by atoms with E-state index >= 15 is 0 Å². The molecule has 1 aromatic carbocycles. The van der Waals surface area contributed by atoms with Gasteiger partial charge in [0, 0.05) is 17.3 Å². The lowest BCUT2D eigenvalue weighted by Crippen LogP contribution is -2.44. The average Bonchev–Trinajstić information content (AvgIpc) is 2.82. The molecule has 104 valence electrons. The second-order valence-corrected chi connectivity index (χ2v) is 7.61. The molecule has 0 bridgehead atoms. The highest BCUT2D eigenvalue weighted by molar-refractivity contribution is 7.99. The van der Waals surface area contributed by atoms with Gasteiger partial charge in [-0.05, 0) is 49.3 Å². The smallest absolute Gasteiger partial charge is 0.00813 e. The van der Waals surface area contributed by atoms with Crippen molar-refractivity contribution in [3.63, 3.8) is 0 Å². The first-order chi connectivity index (χ1) is 9.35. The molecule has 0 heterocycles. The van der Waals surface area contributed by atoms with Gasteiger partial charge in [0.15, 0.2) is 0 Å². The lowest BCUT2D eigenvalue weighted by atomic mass is 9.75. The van der Waals surface area contributed by atoms with E-state index in [0.29, 0.717) is 0 Å². The van der Waals surface area contributed by atoms with Gasteiger partial charge in [-0.25, -0.2) is 0 Å². The van der Waals surface area contributed by atoms with Crippen molar-refractivity contribution in [2.75, 3.05) is 5.75 Å². The monoisotopic (exact) mass is 275 g/mol. The Bertz CT molecular complexity index is 386. The van der Waals surface area contributed by atoms with Crippen molar-refractivity contribution in [3.8, 4) is 0 Å². The number of hydrogen-bond donors (Lipinski definition) is 1. The van der Waals surface area contributed by atoms with Crippen molar-refractivity contribution in [3.05, 3.63) is 35.9 Å². The SMILES string of the molecule is CCSC1CCC(NC2CC(c3ccccc3)C2)C1. The van der Waals surface area contributed by atoms with Crippen LogP contribution in [0.4, 0.5) is 0 Å². The van der Waals surface area contributed by atoms with Crippen LogP contribution in [-0.2, 0) is 0 Å². The molecule has 0 amide bonds. The number of thioether (sulfide) groups is 1. The predicted octanol–water partition coefficient (Wildman–Crippen LogP) is 4.20. The first-order valence-corrected chi connectivity index (χ1v) is 8.82. The van der Waals surface area contributed by atoms with Crippen LogP contribution in [-0.4, -0.2) is 23.1 Å². The fraction of sp³-hybridized carbons (Fsp3) is 0.647. The van der Waals surface area contributed by atoms with Crippen LogP contribution < -0.4 is 5.32 Å². The molecule has 2 heteroatoms. The highest BCUT2D eigenvalue weighted by Gasteiger charge is 2.33. The van der Waals surface area contributed by atoms with E-state index in [1.54, 1.807) is 0 Å². The van der Waals surface area contributed by atoms with Crippen molar-refractivity contribution < 1.29 is 0 Å². The molecule has 1 nitrogen and oxygen atoms in total. The third-order valence-corrected chi connectivity index (χ3v) is 5.90. The summed E-state index contributed by atoms with van der Waals surface area (Å²) < 4.78 is 0. The normalized spacial score (nSPS) is 34.2. The minimum Gasteiger partial charge on any atom is -0.311 e. The minimum atomic E-state index is 0.778. The molecule has 0 aromatic heterocycles. The molecule has 0 saturated heterocycles. The van der Waals surface area contributed by atoms with Crippen LogP contribution >= 0.6 is 11.8 Å². The predicted molar refractivity (Wildman–Crippen MR) is 84.9 cm³/mol. The Morgan fingerprint density at radius 1 is 1.05 bits per heavy atom. The summed E-state index contributed by atoms with van der Waals surface area (Å²) in [6.45, 7) is 2.28. The molecule has 2 fully saturated rings. The Hall–Kier alpha value is -0.470. The summed E-state index contributed by atoms with van der Waals surface area (Å²) in [4.78, 5) is 0. The van der Waals surface area contributed by atoms with Gasteiger partial charge in [-0.1, -0.05) is 37.3 Å². The zero-order chi connectivity index (χ0) is 13.1. The molecular weight excluding hydrogens is 250 g/mol. The Labute approximate surface area is 121 Å². The first-order valence-electron chi connectivity index (χ1n) is 7.77. The molecule has 0 radical (unpaired) electrons. The molecule has 0 spiro atoms. The van der Waals surface area contributed by atoms with Crippen LogP contribution in [0.1, 0.15) is 50.5 Å². The quantitative estimate of drug-likeness (QED) is 0.864. The minimum absolute atomic E-state index is 0.778. The van der Waals surface area contributed by atoms with E-state index in [4.69, 9.17) is 0 Å². The second kappa shape index (κ2) is 6.32. The molecule has 1 N–H and O–H groups in total. The topological polar surface area (TPSA) is 12.0 Å². The summed E-state index contributed by atoms with van der Waals surface area (Å²) in [6.07, 6.45) is 6.89. The summed E-state index contributed by atoms with van der Waals surface area (Å²) in [7, 11) is 0. The van der Waals surface area contributed by atoms with E-state index in [2.05, 4.69) is 54.3 Å². The molecule has 2 atom stereocenters. The fourth-order valence-electron chi connectivity index (χ4n) is 3.56. The van der Waals surface area contributed by atoms with E-state index in [9.17, 15) is 0 Å². The molecule has 19 heavy (non-hydrogen) atoms. The van der Waals surface area contributed by atoms with Crippen LogP contribution in [0.2, 0.25) is 0 Å². The Kier molecular flexibility index (Phi) is 4.49. The summed E-state index contributed by atoms with van der Waals surface area (Å²) in [5.41, 5.74) is 1.53. The number of rotatable bonds is 5. The summed E-state index contributed by atoms with van der Waals surface area (Å²) in [5, 5.41) is 4.81. The molecule has 3 rings (SSSR count). The third kappa shape index (κ3) is 3.35. The maximum Gasteiger partial charge on any atom is 0.00813 e. The van der Waals surface area contributed by atoms with Crippen LogP contribution in [0.15, 0.2) is 30.3 Å². The van der Waals surface area contributed by atoms with Gasteiger partial charge in [0.2, 0.25) is 0 Å². The maximum atomic E-state index is 3.89. The fourth-order valence-corrected chi connectivity index (χ4v) is 4.71. The molecule has 2 saturated carbocycles. The van der Waals surface area contributed by atoms with Crippen LogP contribution in [0.3, 0.4) is 0 Å². The summed E-state index contributed by atoms with van der Waals surface area (Å²) in [5.74, 6) is 2.08. The van der Waals surface area contributed by atoms with Crippen molar-refractivity contribution in [1.29, 1.82) is 0 Å². The van der Waals surface area contributed by atoms with Crippen LogP contribution in [0.25, 0.3) is 0 Å². The lowest BCUT2D eigenvalue weighted by molar-refractivity contribution is 0.265. The summed E-state index contributed by atoms with van der Waals surface area (Å²) in [6, 6.07) is 12.6. The van der Waals surface area contributed by atoms with Crippen molar-refractivity contribution >= 4 is 11.8 Å². The summed E-state index contributed by atoms with van der Waals surface area (Å²) >= 11 is 2.15.